The molecule has 1 aliphatic heterocycles. The van der Waals surface area contributed by atoms with E-state index in [1.807, 2.05) is 13.2 Å². The molecule has 0 bridgehead atoms. The maximum absolute atomic E-state index is 11.8. The first-order valence-corrected chi connectivity index (χ1v) is 7.13. The molecule has 1 amide bonds. The van der Waals surface area contributed by atoms with Gasteiger partial charge in [-0.25, -0.2) is 0 Å². The number of aryl methyl sites for hydroxylation is 1. The molecule has 1 N–H and O–H groups in total. The molecule has 1 aromatic rings. The van der Waals surface area contributed by atoms with Crippen molar-refractivity contribution in [2.75, 3.05) is 13.1 Å². The van der Waals surface area contributed by atoms with Gasteiger partial charge < -0.3 is 10.2 Å². The van der Waals surface area contributed by atoms with Crippen molar-refractivity contribution in [2.24, 2.45) is 7.05 Å². The van der Waals surface area contributed by atoms with E-state index in [1.165, 1.54) is 25.9 Å². The van der Waals surface area contributed by atoms with Crippen molar-refractivity contribution in [3.05, 3.63) is 18.0 Å². The number of nitrogens with one attached hydrogen (secondary N) is 1. The van der Waals surface area contributed by atoms with Gasteiger partial charge in [0.25, 0.3) is 0 Å². The van der Waals surface area contributed by atoms with Gasteiger partial charge in [0.2, 0.25) is 5.91 Å². The summed E-state index contributed by atoms with van der Waals surface area (Å²) in [6.45, 7) is 5.18. The summed E-state index contributed by atoms with van der Waals surface area (Å²) in [5.41, 5.74) is 1.04. The Morgan fingerprint density at radius 2 is 2.21 bits per heavy atom. The van der Waals surface area contributed by atoms with Gasteiger partial charge in [0.15, 0.2) is 0 Å². The van der Waals surface area contributed by atoms with Crippen LogP contribution in [-0.2, 0) is 18.4 Å². The van der Waals surface area contributed by atoms with Crippen LogP contribution in [0.4, 0.5) is 0 Å². The molecule has 1 aromatic heterocycles. The van der Waals surface area contributed by atoms with Crippen LogP contribution in [-0.4, -0.2) is 39.7 Å². The van der Waals surface area contributed by atoms with Crippen LogP contribution < -0.4 is 5.32 Å². The Bertz CT molecular complexity index is 409. The van der Waals surface area contributed by atoms with Gasteiger partial charge in [-0.2, -0.15) is 5.10 Å². The number of rotatable bonds is 6. The van der Waals surface area contributed by atoms with Crippen molar-refractivity contribution in [3.8, 4) is 0 Å². The lowest BCUT2D eigenvalue weighted by molar-refractivity contribution is -0.121. The van der Waals surface area contributed by atoms with E-state index >= 15 is 0 Å². The Kier molecular flexibility index (Phi) is 4.96. The average Bonchev–Trinajstić information content (AvgIpc) is 3.04. The van der Waals surface area contributed by atoms with Crippen molar-refractivity contribution >= 4 is 5.91 Å². The van der Waals surface area contributed by atoms with Crippen LogP contribution in [0.15, 0.2) is 12.4 Å². The summed E-state index contributed by atoms with van der Waals surface area (Å²) in [6, 6.07) is 0.520. The van der Waals surface area contributed by atoms with Gasteiger partial charge in [-0.15, -0.1) is 0 Å². The first kappa shape index (κ1) is 14.1. The first-order valence-electron chi connectivity index (χ1n) is 7.13. The van der Waals surface area contributed by atoms with Gasteiger partial charge in [0, 0.05) is 37.8 Å². The molecule has 0 radical (unpaired) electrons. The maximum Gasteiger partial charge on any atom is 0.220 e. The second-order valence-corrected chi connectivity index (χ2v) is 5.43. The zero-order chi connectivity index (χ0) is 13.7. The summed E-state index contributed by atoms with van der Waals surface area (Å²) >= 11 is 0. The standard InChI is InChI=1S/C14H24N4O/c1-12(18-7-3-4-8-18)5-6-14(19)15-9-13-10-16-17(2)11-13/h10-12H,3-9H2,1-2H3,(H,15,19)/t12-/m1/s1. The topological polar surface area (TPSA) is 50.2 Å². The van der Waals surface area contributed by atoms with Crippen LogP contribution in [0, 0.1) is 0 Å². The maximum atomic E-state index is 11.8. The highest BCUT2D eigenvalue weighted by Crippen LogP contribution is 2.14. The highest BCUT2D eigenvalue weighted by molar-refractivity contribution is 5.75. The van der Waals surface area contributed by atoms with E-state index < -0.39 is 0 Å². The van der Waals surface area contributed by atoms with E-state index in [-0.39, 0.29) is 5.91 Å². The summed E-state index contributed by atoms with van der Waals surface area (Å²) in [6.07, 6.45) is 7.87. The van der Waals surface area contributed by atoms with Crippen LogP contribution in [0.2, 0.25) is 0 Å². The van der Waals surface area contributed by atoms with Crippen LogP contribution >= 0.6 is 0 Å². The lowest BCUT2D eigenvalue weighted by Gasteiger charge is -2.23. The fourth-order valence-electron chi connectivity index (χ4n) is 2.56. The summed E-state index contributed by atoms with van der Waals surface area (Å²) in [4.78, 5) is 14.3. The van der Waals surface area contributed by atoms with Crippen LogP contribution in [0.3, 0.4) is 0 Å². The molecule has 19 heavy (non-hydrogen) atoms. The molecular weight excluding hydrogens is 240 g/mol. The molecular formula is C14H24N4O. The minimum atomic E-state index is 0.134. The lowest BCUT2D eigenvalue weighted by atomic mass is 10.1. The number of carbonyl (C=O) groups excluding carboxylic acids is 1. The summed E-state index contributed by atoms with van der Waals surface area (Å²) in [7, 11) is 1.88. The first-order chi connectivity index (χ1) is 9.15. The van der Waals surface area contributed by atoms with Crippen molar-refractivity contribution in [2.45, 2.75) is 45.2 Å². The zero-order valence-corrected chi connectivity index (χ0v) is 11.9. The average molecular weight is 264 g/mol. The van der Waals surface area contributed by atoms with Crippen LogP contribution in [0.1, 0.15) is 38.2 Å². The Hall–Kier alpha value is -1.36. The SMILES string of the molecule is C[C@H](CCC(=O)NCc1cnn(C)c1)N1CCCC1. The largest absolute Gasteiger partial charge is 0.352 e. The predicted octanol–water partition coefficient (Wildman–Crippen LogP) is 1.30. The monoisotopic (exact) mass is 264 g/mol. The Morgan fingerprint density at radius 3 is 2.84 bits per heavy atom. The van der Waals surface area contributed by atoms with Gasteiger partial charge >= 0.3 is 0 Å². The molecule has 0 spiro atoms. The van der Waals surface area contributed by atoms with Crippen LogP contribution in [0.5, 0.6) is 0 Å². The van der Waals surface area contributed by atoms with Gasteiger partial charge in [-0.3, -0.25) is 9.48 Å². The highest BCUT2D eigenvalue weighted by Gasteiger charge is 2.18. The molecule has 0 unspecified atom stereocenters. The molecule has 1 atom stereocenters. The Morgan fingerprint density at radius 1 is 1.47 bits per heavy atom. The van der Waals surface area contributed by atoms with Crippen molar-refractivity contribution in [1.29, 1.82) is 0 Å². The Labute approximate surface area is 115 Å². The fraction of sp³-hybridized carbons (Fsp3) is 0.714. The molecule has 106 valence electrons. The third-order valence-corrected chi connectivity index (χ3v) is 3.80. The molecule has 2 heterocycles. The number of nitrogens with zero attached hydrogens (tertiary/aromatic N) is 3. The summed E-state index contributed by atoms with van der Waals surface area (Å²) in [5.74, 6) is 0.134. The minimum Gasteiger partial charge on any atom is -0.352 e. The molecule has 1 saturated heterocycles. The van der Waals surface area contributed by atoms with Crippen molar-refractivity contribution in [3.63, 3.8) is 0 Å². The molecule has 1 aliphatic rings. The second kappa shape index (κ2) is 6.70. The van der Waals surface area contributed by atoms with Crippen molar-refractivity contribution < 1.29 is 4.79 Å². The van der Waals surface area contributed by atoms with E-state index in [0.717, 1.165) is 12.0 Å². The second-order valence-electron chi connectivity index (χ2n) is 5.43. The van der Waals surface area contributed by atoms with Gasteiger partial charge in [0.05, 0.1) is 6.20 Å². The highest BCUT2D eigenvalue weighted by atomic mass is 16.1. The smallest absolute Gasteiger partial charge is 0.220 e. The minimum absolute atomic E-state index is 0.134. The molecule has 5 nitrogen and oxygen atoms in total. The number of hydrogen-bond acceptors (Lipinski definition) is 3. The number of aromatic nitrogens is 2. The van der Waals surface area contributed by atoms with E-state index in [9.17, 15) is 4.79 Å². The summed E-state index contributed by atoms with van der Waals surface area (Å²) < 4.78 is 1.75. The van der Waals surface area contributed by atoms with Gasteiger partial charge in [-0.05, 0) is 39.3 Å². The molecule has 0 saturated carbocycles. The van der Waals surface area contributed by atoms with E-state index in [4.69, 9.17) is 0 Å². The van der Waals surface area contributed by atoms with E-state index in [1.54, 1.807) is 10.9 Å². The number of carbonyl (C=O) groups is 1. The van der Waals surface area contributed by atoms with E-state index in [2.05, 4.69) is 22.2 Å². The fourth-order valence-corrected chi connectivity index (χ4v) is 2.56. The number of hydrogen-bond donors (Lipinski definition) is 1. The quantitative estimate of drug-likeness (QED) is 0.842. The van der Waals surface area contributed by atoms with E-state index in [0.29, 0.717) is 19.0 Å². The third-order valence-electron chi connectivity index (χ3n) is 3.80. The predicted molar refractivity (Wildman–Crippen MR) is 74.6 cm³/mol. The molecule has 0 aliphatic carbocycles. The Balaban J connectivity index is 1.64. The van der Waals surface area contributed by atoms with Crippen molar-refractivity contribution in [1.82, 2.24) is 20.0 Å². The molecule has 5 heteroatoms. The lowest BCUT2D eigenvalue weighted by Crippen LogP contribution is -2.32. The number of likely N-dealkylation sites (tertiary alicyclic amines) is 1. The molecule has 2 rings (SSSR count). The molecule has 1 fully saturated rings. The van der Waals surface area contributed by atoms with Gasteiger partial charge in [0.1, 0.15) is 0 Å². The summed E-state index contributed by atoms with van der Waals surface area (Å²) in [5, 5.41) is 7.03. The van der Waals surface area contributed by atoms with Crippen LogP contribution in [0.25, 0.3) is 0 Å². The normalized spacial score (nSPS) is 17.6. The zero-order valence-electron chi connectivity index (χ0n) is 11.9. The van der Waals surface area contributed by atoms with Gasteiger partial charge in [-0.1, -0.05) is 0 Å². The molecule has 0 aromatic carbocycles. The third kappa shape index (κ3) is 4.35. The number of amides is 1.